The summed E-state index contributed by atoms with van der Waals surface area (Å²) < 4.78 is 14.2. The summed E-state index contributed by atoms with van der Waals surface area (Å²) in [5.41, 5.74) is 0.547. The molecule has 2 fully saturated rings. The zero-order chi connectivity index (χ0) is 17.4. The number of nitrogens with one attached hydrogen (secondary N) is 1. The highest BCUT2D eigenvalue weighted by Gasteiger charge is 2.35. The maximum absolute atomic E-state index is 14.2. The minimum Gasteiger partial charge on any atom is -0.342 e. The van der Waals surface area contributed by atoms with E-state index in [2.05, 4.69) is 10.3 Å². The van der Waals surface area contributed by atoms with Crippen LogP contribution < -0.4 is 10.2 Å². The fourth-order valence-corrected chi connectivity index (χ4v) is 3.97. The van der Waals surface area contributed by atoms with Crippen LogP contribution in [0.2, 0.25) is 0 Å². The molecule has 25 heavy (non-hydrogen) atoms. The van der Waals surface area contributed by atoms with Gasteiger partial charge in [-0.2, -0.15) is 0 Å². The van der Waals surface area contributed by atoms with Crippen LogP contribution >= 0.6 is 11.3 Å². The first-order chi connectivity index (χ1) is 12.1. The van der Waals surface area contributed by atoms with Crippen molar-refractivity contribution >= 4 is 28.8 Å². The van der Waals surface area contributed by atoms with Crippen molar-refractivity contribution in [3.63, 3.8) is 0 Å². The number of carbonyl (C=O) groups is 2. The van der Waals surface area contributed by atoms with Gasteiger partial charge in [-0.3, -0.25) is 9.59 Å². The first-order valence-electron chi connectivity index (χ1n) is 8.43. The number of thiazole rings is 1. The van der Waals surface area contributed by atoms with Crippen LogP contribution in [-0.2, 0) is 4.79 Å². The molecule has 1 aromatic heterocycles. The number of carbonyl (C=O) groups excluding carboxylic acids is 2. The van der Waals surface area contributed by atoms with E-state index in [1.54, 1.807) is 17.2 Å². The van der Waals surface area contributed by atoms with Crippen LogP contribution in [0.4, 0.5) is 10.1 Å². The van der Waals surface area contributed by atoms with Crippen molar-refractivity contribution in [1.82, 2.24) is 10.3 Å². The monoisotopic (exact) mass is 359 g/mol. The molecule has 5 nitrogen and oxygen atoms in total. The Morgan fingerprint density at radius 2 is 2.24 bits per heavy atom. The van der Waals surface area contributed by atoms with E-state index in [0.29, 0.717) is 24.6 Å². The number of nitrogens with zero attached hydrogens (tertiary/aromatic N) is 2. The second-order valence-corrected chi connectivity index (χ2v) is 7.40. The van der Waals surface area contributed by atoms with E-state index in [4.69, 9.17) is 0 Å². The van der Waals surface area contributed by atoms with E-state index < -0.39 is 11.7 Å². The van der Waals surface area contributed by atoms with Gasteiger partial charge in [0.2, 0.25) is 5.91 Å². The molecule has 1 unspecified atom stereocenters. The van der Waals surface area contributed by atoms with Crippen molar-refractivity contribution in [2.75, 3.05) is 11.4 Å². The van der Waals surface area contributed by atoms with E-state index >= 15 is 0 Å². The number of hydrogen-bond acceptors (Lipinski definition) is 4. The molecule has 1 saturated heterocycles. The van der Waals surface area contributed by atoms with Crippen LogP contribution in [0, 0.1) is 11.7 Å². The first kappa shape index (κ1) is 16.2. The number of hydrogen-bond donors (Lipinski definition) is 1. The highest BCUT2D eigenvalue weighted by Crippen LogP contribution is 2.41. The number of aromatic nitrogens is 1. The van der Waals surface area contributed by atoms with E-state index in [9.17, 15) is 14.0 Å². The van der Waals surface area contributed by atoms with Crippen LogP contribution in [0.15, 0.2) is 29.8 Å². The molecule has 7 heteroatoms. The molecule has 4 rings (SSSR count). The van der Waals surface area contributed by atoms with Crippen LogP contribution in [0.5, 0.6) is 0 Å². The van der Waals surface area contributed by atoms with E-state index in [1.165, 1.54) is 23.5 Å². The zero-order valence-electron chi connectivity index (χ0n) is 13.6. The van der Waals surface area contributed by atoms with Gasteiger partial charge in [0.05, 0.1) is 11.6 Å². The van der Waals surface area contributed by atoms with Crippen molar-refractivity contribution in [2.45, 2.75) is 31.7 Å². The predicted octanol–water partition coefficient (Wildman–Crippen LogP) is 3.29. The number of anilines is 1. The normalized spacial score (nSPS) is 18.4. The van der Waals surface area contributed by atoms with Crippen LogP contribution in [0.3, 0.4) is 0 Å². The van der Waals surface area contributed by atoms with Gasteiger partial charge in [-0.1, -0.05) is 0 Å². The Bertz CT molecular complexity index is 805. The molecular weight excluding hydrogens is 341 g/mol. The molecule has 0 spiro atoms. The highest BCUT2D eigenvalue weighted by atomic mass is 32.1. The van der Waals surface area contributed by atoms with Crippen LogP contribution in [0.1, 0.15) is 47.1 Å². The minimum atomic E-state index is -0.582. The number of benzene rings is 1. The number of amides is 2. The van der Waals surface area contributed by atoms with Crippen molar-refractivity contribution < 1.29 is 14.0 Å². The molecule has 1 aliphatic heterocycles. The lowest BCUT2D eigenvalue weighted by Gasteiger charge is -2.19. The van der Waals surface area contributed by atoms with Crippen molar-refractivity contribution in [3.05, 3.63) is 46.2 Å². The van der Waals surface area contributed by atoms with E-state index in [1.807, 2.05) is 5.38 Å². The maximum atomic E-state index is 14.2. The third-order valence-electron chi connectivity index (χ3n) is 4.68. The molecule has 1 N–H and O–H groups in total. The van der Waals surface area contributed by atoms with Gasteiger partial charge in [0.1, 0.15) is 10.8 Å². The summed E-state index contributed by atoms with van der Waals surface area (Å²) in [6, 6.07) is 4.10. The summed E-state index contributed by atoms with van der Waals surface area (Å²) in [4.78, 5) is 30.5. The minimum absolute atomic E-state index is 0.0107. The van der Waals surface area contributed by atoms with Gasteiger partial charge < -0.3 is 10.2 Å². The molecule has 2 aliphatic rings. The third kappa shape index (κ3) is 3.28. The number of halogens is 1. The number of rotatable bonds is 5. The van der Waals surface area contributed by atoms with Gasteiger partial charge >= 0.3 is 0 Å². The van der Waals surface area contributed by atoms with Crippen molar-refractivity contribution in [2.24, 2.45) is 5.92 Å². The predicted molar refractivity (Wildman–Crippen MR) is 93.0 cm³/mol. The van der Waals surface area contributed by atoms with Gasteiger partial charge in [0, 0.05) is 30.2 Å². The topological polar surface area (TPSA) is 62.3 Å². The van der Waals surface area contributed by atoms with E-state index in [0.717, 1.165) is 24.3 Å². The second-order valence-electron chi connectivity index (χ2n) is 6.47. The molecule has 1 aromatic carbocycles. The Morgan fingerprint density at radius 3 is 2.88 bits per heavy atom. The fraction of sp³-hybridized carbons (Fsp3) is 0.389. The Kier molecular flexibility index (Phi) is 4.25. The Hall–Kier alpha value is -2.28. The smallest absolute Gasteiger partial charge is 0.254 e. The molecular formula is C18H18FN3O2S. The lowest BCUT2D eigenvalue weighted by atomic mass is 10.1. The maximum Gasteiger partial charge on any atom is 0.254 e. The van der Waals surface area contributed by atoms with Gasteiger partial charge in [0.15, 0.2) is 0 Å². The Labute approximate surface area is 148 Å². The molecule has 1 saturated carbocycles. The van der Waals surface area contributed by atoms with Gasteiger partial charge in [-0.25, -0.2) is 9.37 Å². The molecule has 130 valence electrons. The average molecular weight is 359 g/mol. The van der Waals surface area contributed by atoms with Crippen molar-refractivity contribution in [3.8, 4) is 0 Å². The summed E-state index contributed by atoms with van der Waals surface area (Å²) in [5, 5.41) is 5.65. The molecule has 1 aliphatic carbocycles. The highest BCUT2D eigenvalue weighted by molar-refractivity contribution is 7.09. The Morgan fingerprint density at radius 1 is 1.40 bits per heavy atom. The lowest BCUT2D eigenvalue weighted by Crippen LogP contribution is -2.31. The van der Waals surface area contributed by atoms with Gasteiger partial charge in [0.25, 0.3) is 5.91 Å². The molecule has 2 heterocycles. The Balaban J connectivity index is 1.58. The third-order valence-corrected chi connectivity index (χ3v) is 5.54. The second kappa shape index (κ2) is 6.55. The summed E-state index contributed by atoms with van der Waals surface area (Å²) >= 11 is 1.49. The van der Waals surface area contributed by atoms with Crippen LogP contribution in [0.25, 0.3) is 0 Å². The summed E-state index contributed by atoms with van der Waals surface area (Å²) in [6.45, 7) is 0.606. The van der Waals surface area contributed by atoms with Gasteiger partial charge in [-0.05, 0) is 43.4 Å². The van der Waals surface area contributed by atoms with Gasteiger partial charge in [-0.15, -0.1) is 11.3 Å². The average Bonchev–Trinajstić information content (AvgIpc) is 3.12. The SMILES string of the molecule is O=C(NC(c1nccs1)C1CC1)c1cc(N2CCCC2=O)ccc1F. The van der Waals surface area contributed by atoms with Crippen molar-refractivity contribution in [1.29, 1.82) is 0 Å². The molecule has 0 bridgehead atoms. The van der Waals surface area contributed by atoms with E-state index in [-0.39, 0.29) is 17.5 Å². The standard InChI is InChI=1S/C18H18FN3O2S/c19-14-6-5-12(22-8-1-2-15(22)23)10-13(14)17(24)21-16(11-3-4-11)18-20-7-9-25-18/h5-7,9-11,16H,1-4,8H2,(H,21,24). The molecule has 2 aromatic rings. The quantitative estimate of drug-likeness (QED) is 0.891. The molecule has 0 radical (unpaired) electrons. The lowest BCUT2D eigenvalue weighted by molar-refractivity contribution is -0.117. The largest absolute Gasteiger partial charge is 0.342 e. The molecule has 1 atom stereocenters. The summed E-state index contributed by atoms with van der Waals surface area (Å²) in [7, 11) is 0. The summed E-state index contributed by atoms with van der Waals surface area (Å²) in [5.74, 6) is -0.669. The fourth-order valence-electron chi connectivity index (χ4n) is 3.19. The van der Waals surface area contributed by atoms with Crippen LogP contribution in [-0.4, -0.2) is 23.3 Å². The first-order valence-corrected chi connectivity index (χ1v) is 9.31. The molecule has 2 amide bonds. The summed E-state index contributed by atoms with van der Waals surface area (Å²) in [6.07, 6.45) is 5.06. The zero-order valence-corrected chi connectivity index (χ0v) is 14.4.